The van der Waals surface area contributed by atoms with Crippen molar-refractivity contribution in [1.82, 2.24) is 9.88 Å². The summed E-state index contributed by atoms with van der Waals surface area (Å²) < 4.78 is 0. The van der Waals surface area contributed by atoms with Crippen LogP contribution in [0.5, 0.6) is 0 Å². The minimum absolute atomic E-state index is 0.0657. The molecule has 100 valence electrons. The number of amides is 1. The van der Waals surface area contributed by atoms with Crippen LogP contribution < -0.4 is 5.73 Å². The van der Waals surface area contributed by atoms with Gasteiger partial charge in [-0.05, 0) is 30.7 Å². The molecule has 0 atom stereocenters. The topological polar surface area (TPSA) is 59.2 Å². The third-order valence-corrected chi connectivity index (χ3v) is 3.93. The predicted octanol–water partition coefficient (Wildman–Crippen LogP) is 2.96. The molecule has 6 heteroatoms. The summed E-state index contributed by atoms with van der Waals surface area (Å²) in [5.74, 6) is -0.0657. The van der Waals surface area contributed by atoms with E-state index in [0.717, 1.165) is 10.6 Å². The first-order chi connectivity index (χ1) is 8.97. The summed E-state index contributed by atoms with van der Waals surface area (Å²) in [5.41, 5.74) is 7.19. The summed E-state index contributed by atoms with van der Waals surface area (Å²) in [4.78, 5) is 18.5. The molecule has 0 aliphatic heterocycles. The second-order valence-electron chi connectivity index (χ2n) is 4.26. The van der Waals surface area contributed by atoms with Crippen molar-refractivity contribution >= 4 is 34.5 Å². The second kappa shape index (κ2) is 5.59. The van der Waals surface area contributed by atoms with Gasteiger partial charge in [-0.2, -0.15) is 0 Å². The molecule has 0 saturated carbocycles. The Morgan fingerprint density at radius 2 is 2.26 bits per heavy atom. The molecule has 0 fully saturated rings. The Balaban J connectivity index is 2.14. The highest BCUT2D eigenvalue weighted by molar-refractivity contribution is 7.13. The Labute approximate surface area is 120 Å². The van der Waals surface area contributed by atoms with Gasteiger partial charge in [0.25, 0.3) is 5.91 Å². The van der Waals surface area contributed by atoms with Crippen LogP contribution in [0, 0.1) is 6.92 Å². The zero-order valence-electron chi connectivity index (χ0n) is 10.7. The van der Waals surface area contributed by atoms with Crippen LogP contribution in [0.1, 0.15) is 20.2 Å². The molecule has 0 saturated heterocycles. The lowest BCUT2D eigenvalue weighted by Gasteiger charge is -2.17. The Morgan fingerprint density at radius 1 is 1.53 bits per heavy atom. The minimum atomic E-state index is -0.0657. The lowest BCUT2D eigenvalue weighted by Crippen LogP contribution is -2.25. The fraction of sp³-hybridized carbons (Fsp3) is 0.231. The second-order valence-corrected chi connectivity index (χ2v) is 5.90. The molecule has 2 aromatic rings. The van der Waals surface area contributed by atoms with Gasteiger partial charge >= 0.3 is 0 Å². The van der Waals surface area contributed by atoms with Gasteiger partial charge in [0.1, 0.15) is 4.88 Å². The molecule has 19 heavy (non-hydrogen) atoms. The Bertz CT molecular complexity index is 612. The van der Waals surface area contributed by atoms with Crippen LogP contribution in [-0.2, 0) is 6.54 Å². The summed E-state index contributed by atoms with van der Waals surface area (Å²) in [6, 6.07) is 5.26. The van der Waals surface area contributed by atoms with E-state index in [9.17, 15) is 4.79 Å². The van der Waals surface area contributed by atoms with E-state index in [1.165, 1.54) is 11.3 Å². The number of hydrogen-bond donors (Lipinski definition) is 1. The van der Waals surface area contributed by atoms with E-state index in [0.29, 0.717) is 22.1 Å². The van der Waals surface area contributed by atoms with Crippen LogP contribution in [0.2, 0.25) is 5.02 Å². The van der Waals surface area contributed by atoms with Gasteiger partial charge in [0.15, 0.2) is 0 Å². The van der Waals surface area contributed by atoms with Gasteiger partial charge in [-0.1, -0.05) is 11.6 Å². The van der Waals surface area contributed by atoms with Crippen molar-refractivity contribution in [3.63, 3.8) is 0 Å². The van der Waals surface area contributed by atoms with Crippen molar-refractivity contribution in [2.75, 3.05) is 12.8 Å². The van der Waals surface area contributed by atoms with Gasteiger partial charge in [-0.3, -0.25) is 4.79 Å². The maximum absolute atomic E-state index is 12.2. The quantitative estimate of drug-likeness (QED) is 0.886. The molecule has 0 spiro atoms. The Morgan fingerprint density at radius 3 is 2.89 bits per heavy atom. The van der Waals surface area contributed by atoms with Crippen LogP contribution in [0.3, 0.4) is 0 Å². The largest absolute Gasteiger partial charge is 0.399 e. The van der Waals surface area contributed by atoms with Gasteiger partial charge in [-0.25, -0.2) is 4.98 Å². The van der Waals surface area contributed by atoms with E-state index in [-0.39, 0.29) is 5.91 Å². The number of nitrogen functional groups attached to an aromatic ring is 1. The molecular weight excluding hydrogens is 282 g/mol. The molecule has 4 nitrogen and oxygen atoms in total. The first-order valence-electron chi connectivity index (χ1n) is 5.69. The molecule has 1 heterocycles. The van der Waals surface area contributed by atoms with E-state index in [1.54, 1.807) is 36.3 Å². The van der Waals surface area contributed by atoms with Crippen molar-refractivity contribution in [1.29, 1.82) is 0 Å². The van der Waals surface area contributed by atoms with E-state index in [4.69, 9.17) is 17.3 Å². The molecule has 0 radical (unpaired) electrons. The fourth-order valence-electron chi connectivity index (χ4n) is 1.69. The van der Waals surface area contributed by atoms with Gasteiger partial charge < -0.3 is 10.6 Å². The number of benzene rings is 1. The molecular formula is C13H14ClN3OS. The van der Waals surface area contributed by atoms with Crippen molar-refractivity contribution < 1.29 is 4.79 Å². The van der Waals surface area contributed by atoms with Crippen LogP contribution in [0.15, 0.2) is 24.4 Å². The number of nitrogens with zero attached hydrogens (tertiary/aromatic N) is 2. The number of nitrogens with two attached hydrogens (primary N) is 1. The monoisotopic (exact) mass is 295 g/mol. The molecule has 0 aliphatic carbocycles. The predicted molar refractivity (Wildman–Crippen MR) is 78.5 cm³/mol. The summed E-state index contributed by atoms with van der Waals surface area (Å²) in [5, 5.41) is 1.48. The molecule has 1 aromatic heterocycles. The zero-order valence-corrected chi connectivity index (χ0v) is 12.3. The van der Waals surface area contributed by atoms with E-state index in [2.05, 4.69) is 4.98 Å². The third-order valence-electron chi connectivity index (χ3n) is 2.66. The van der Waals surface area contributed by atoms with Crippen LogP contribution >= 0.6 is 22.9 Å². The highest BCUT2D eigenvalue weighted by Crippen LogP contribution is 2.21. The zero-order chi connectivity index (χ0) is 14.0. The van der Waals surface area contributed by atoms with Gasteiger partial charge in [0.2, 0.25) is 0 Å². The molecule has 0 aliphatic rings. The summed E-state index contributed by atoms with van der Waals surface area (Å²) in [6.45, 7) is 2.29. The highest BCUT2D eigenvalue weighted by Gasteiger charge is 2.15. The summed E-state index contributed by atoms with van der Waals surface area (Å²) in [6.07, 6.45) is 1.60. The maximum Gasteiger partial charge on any atom is 0.265 e. The normalized spacial score (nSPS) is 10.5. The first-order valence-corrected chi connectivity index (χ1v) is 6.88. The standard InChI is InChI=1S/C13H14ClN3OS/c1-8-16-6-12(19-8)13(18)17(2)7-9-5-10(15)3-4-11(9)14/h3-6H,7,15H2,1-2H3. The van der Waals surface area contributed by atoms with Gasteiger partial charge in [0, 0.05) is 24.3 Å². The molecule has 1 aromatic carbocycles. The Kier molecular flexibility index (Phi) is 4.07. The SMILES string of the molecule is Cc1ncc(C(=O)N(C)Cc2cc(N)ccc2Cl)s1. The van der Waals surface area contributed by atoms with E-state index < -0.39 is 0 Å². The van der Waals surface area contributed by atoms with Crippen LogP contribution in [0.4, 0.5) is 5.69 Å². The van der Waals surface area contributed by atoms with Gasteiger partial charge in [0.05, 0.1) is 11.2 Å². The molecule has 0 bridgehead atoms. The summed E-state index contributed by atoms with van der Waals surface area (Å²) >= 11 is 7.47. The number of rotatable bonds is 3. The molecule has 0 unspecified atom stereocenters. The highest BCUT2D eigenvalue weighted by atomic mass is 35.5. The average Bonchev–Trinajstić information content (AvgIpc) is 2.79. The minimum Gasteiger partial charge on any atom is -0.399 e. The average molecular weight is 296 g/mol. The van der Waals surface area contributed by atoms with Gasteiger partial charge in [-0.15, -0.1) is 11.3 Å². The maximum atomic E-state index is 12.2. The number of carbonyl (C=O) groups is 1. The van der Waals surface area contributed by atoms with Crippen molar-refractivity contribution in [2.45, 2.75) is 13.5 Å². The first kappa shape index (κ1) is 13.8. The number of aromatic nitrogens is 1. The number of halogens is 1. The van der Waals surface area contributed by atoms with Crippen LogP contribution in [0.25, 0.3) is 0 Å². The van der Waals surface area contributed by atoms with Crippen molar-refractivity contribution in [2.24, 2.45) is 0 Å². The number of aryl methyl sites for hydroxylation is 1. The van der Waals surface area contributed by atoms with Crippen LogP contribution in [-0.4, -0.2) is 22.8 Å². The van der Waals surface area contributed by atoms with Crippen molar-refractivity contribution in [3.05, 3.63) is 44.9 Å². The summed E-state index contributed by atoms with van der Waals surface area (Å²) in [7, 11) is 1.73. The smallest absolute Gasteiger partial charge is 0.265 e. The molecule has 1 amide bonds. The molecule has 2 N–H and O–H groups in total. The lowest BCUT2D eigenvalue weighted by molar-refractivity contribution is 0.0789. The van der Waals surface area contributed by atoms with E-state index >= 15 is 0 Å². The number of carbonyl (C=O) groups excluding carboxylic acids is 1. The number of thiazole rings is 1. The lowest BCUT2D eigenvalue weighted by atomic mass is 10.2. The van der Waals surface area contributed by atoms with Crippen molar-refractivity contribution in [3.8, 4) is 0 Å². The number of anilines is 1. The Hall–Kier alpha value is -1.59. The molecule has 2 rings (SSSR count). The third kappa shape index (κ3) is 3.24. The number of hydrogen-bond acceptors (Lipinski definition) is 4. The van der Waals surface area contributed by atoms with E-state index in [1.807, 2.05) is 6.92 Å². The fourth-order valence-corrected chi connectivity index (χ4v) is 2.64.